The minimum absolute atomic E-state index is 0.329. The molecule has 0 unspecified atom stereocenters. The Morgan fingerprint density at radius 2 is 2.05 bits per heavy atom. The van der Waals surface area contributed by atoms with Gasteiger partial charge in [-0.2, -0.15) is 0 Å². The molecule has 3 heteroatoms. The largest absolute Gasteiger partial charge is 0.461 e. The van der Waals surface area contributed by atoms with E-state index in [0.29, 0.717) is 18.2 Å². The molecule has 1 fully saturated rings. The first-order valence-electron chi connectivity index (χ1n) is 7.63. The van der Waals surface area contributed by atoms with Gasteiger partial charge in [-0.25, -0.2) is 4.79 Å². The average Bonchev–Trinajstić information content (AvgIpc) is 2.44. The fraction of sp³-hybridized carbons (Fsp3) is 0.444. The molecule has 0 atom stereocenters. The lowest BCUT2D eigenvalue weighted by Gasteiger charge is -2.28. The smallest absolute Gasteiger partial charge is 0.356 e. The number of allylic oxidation sites excluding steroid dienone is 1. The zero-order valence-electron chi connectivity index (χ0n) is 12.8. The van der Waals surface area contributed by atoms with Crippen LogP contribution in [-0.4, -0.2) is 25.3 Å². The summed E-state index contributed by atoms with van der Waals surface area (Å²) in [6.45, 7) is 2.19. The minimum atomic E-state index is -0.329. The van der Waals surface area contributed by atoms with E-state index in [1.807, 2.05) is 31.2 Å². The zero-order valence-corrected chi connectivity index (χ0v) is 12.8. The normalized spacial score (nSPS) is 16.5. The number of hydrogen-bond donors (Lipinski definition) is 0. The molecule has 0 N–H and O–H groups in total. The molecule has 0 radical (unpaired) electrons. The maximum Gasteiger partial charge on any atom is 0.356 e. The lowest BCUT2D eigenvalue weighted by Crippen LogP contribution is -2.20. The third-order valence-electron chi connectivity index (χ3n) is 3.93. The Labute approximate surface area is 126 Å². The summed E-state index contributed by atoms with van der Waals surface area (Å²) in [6, 6.07) is 10.4. The van der Waals surface area contributed by atoms with Crippen molar-refractivity contribution in [3.8, 4) is 0 Å². The molecule has 2 rings (SSSR count). The molecule has 0 aromatic heterocycles. The molecule has 1 aromatic carbocycles. The molecule has 1 saturated carbocycles. The standard InChI is InChI=1S/C18H23NO2/c1-3-21-18(20)17(19-2)13-16(15-10-7-11-15)12-14-8-5-4-6-9-14/h4-6,8-9,13,15H,3,7,10-12H2,1-2H3/b16-13-,19-17+. The van der Waals surface area contributed by atoms with Gasteiger partial charge in [-0.3, -0.25) is 4.99 Å². The first-order chi connectivity index (χ1) is 10.2. The zero-order chi connectivity index (χ0) is 15.1. The van der Waals surface area contributed by atoms with E-state index < -0.39 is 0 Å². The van der Waals surface area contributed by atoms with E-state index in [9.17, 15) is 4.79 Å². The van der Waals surface area contributed by atoms with Gasteiger partial charge in [0.15, 0.2) is 0 Å². The van der Waals surface area contributed by atoms with Gasteiger partial charge in [0.2, 0.25) is 0 Å². The Kier molecular flexibility index (Phi) is 5.73. The summed E-state index contributed by atoms with van der Waals surface area (Å²) in [4.78, 5) is 16.0. The summed E-state index contributed by atoms with van der Waals surface area (Å²) in [7, 11) is 1.64. The van der Waals surface area contributed by atoms with Crippen molar-refractivity contribution in [1.82, 2.24) is 0 Å². The van der Waals surface area contributed by atoms with Crippen LogP contribution in [0.5, 0.6) is 0 Å². The van der Waals surface area contributed by atoms with Crippen LogP contribution < -0.4 is 0 Å². The Morgan fingerprint density at radius 3 is 2.57 bits per heavy atom. The van der Waals surface area contributed by atoms with Crippen LogP contribution in [0.25, 0.3) is 0 Å². The number of carbonyl (C=O) groups is 1. The second kappa shape index (κ2) is 7.77. The van der Waals surface area contributed by atoms with Gasteiger partial charge in [0.05, 0.1) is 6.61 Å². The monoisotopic (exact) mass is 285 g/mol. The molecule has 0 spiro atoms. The van der Waals surface area contributed by atoms with Crippen LogP contribution in [0.15, 0.2) is 47.0 Å². The van der Waals surface area contributed by atoms with E-state index in [1.54, 1.807) is 7.05 Å². The maximum atomic E-state index is 11.9. The molecule has 0 heterocycles. The fourth-order valence-electron chi connectivity index (χ4n) is 2.52. The number of benzene rings is 1. The molecule has 0 aliphatic heterocycles. The molecule has 0 bridgehead atoms. The van der Waals surface area contributed by atoms with Crippen molar-refractivity contribution in [2.24, 2.45) is 10.9 Å². The highest BCUT2D eigenvalue weighted by atomic mass is 16.5. The summed E-state index contributed by atoms with van der Waals surface area (Å²) in [6.07, 6.45) is 6.50. The SMILES string of the molecule is CCOC(=O)C(/C=C(/Cc1ccccc1)C1CCC1)=N/C. The van der Waals surface area contributed by atoms with Crippen LogP contribution in [-0.2, 0) is 16.0 Å². The van der Waals surface area contributed by atoms with Crippen LogP contribution in [0.3, 0.4) is 0 Å². The fourth-order valence-corrected chi connectivity index (χ4v) is 2.52. The third kappa shape index (κ3) is 4.28. The van der Waals surface area contributed by atoms with Crippen molar-refractivity contribution >= 4 is 11.7 Å². The highest BCUT2D eigenvalue weighted by Crippen LogP contribution is 2.34. The van der Waals surface area contributed by atoms with Crippen LogP contribution in [0, 0.1) is 5.92 Å². The van der Waals surface area contributed by atoms with Gasteiger partial charge < -0.3 is 4.74 Å². The third-order valence-corrected chi connectivity index (χ3v) is 3.93. The van der Waals surface area contributed by atoms with E-state index in [1.165, 1.54) is 30.4 Å². The van der Waals surface area contributed by atoms with Gasteiger partial charge in [-0.1, -0.05) is 42.3 Å². The van der Waals surface area contributed by atoms with Crippen molar-refractivity contribution < 1.29 is 9.53 Å². The molecule has 3 nitrogen and oxygen atoms in total. The van der Waals surface area contributed by atoms with E-state index in [0.717, 1.165) is 6.42 Å². The minimum Gasteiger partial charge on any atom is -0.461 e. The number of ether oxygens (including phenoxy) is 1. The first kappa shape index (κ1) is 15.5. The number of nitrogens with zero attached hydrogens (tertiary/aromatic N) is 1. The van der Waals surface area contributed by atoms with Gasteiger partial charge in [0, 0.05) is 7.05 Å². The molecule has 0 saturated heterocycles. The Morgan fingerprint density at radius 1 is 1.33 bits per heavy atom. The molecule has 21 heavy (non-hydrogen) atoms. The molecule has 112 valence electrons. The van der Waals surface area contributed by atoms with Gasteiger partial charge in [0.1, 0.15) is 5.71 Å². The van der Waals surface area contributed by atoms with Crippen LogP contribution in [0.2, 0.25) is 0 Å². The Balaban J connectivity index is 2.18. The molecular formula is C18H23NO2. The van der Waals surface area contributed by atoms with Gasteiger partial charge in [-0.05, 0) is 43.7 Å². The van der Waals surface area contributed by atoms with E-state index >= 15 is 0 Å². The molecule has 1 aliphatic rings. The summed E-state index contributed by atoms with van der Waals surface area (Å²) in [5.41, 5.74) is 2.99. The molecule has 0 amide bonds. The molecular weight excluding hydrogens is 262 g/mol. The second-order valence-electron chi connectivity index (χ2n) is 5.34. The number of esters is 1. The van der Waals surface area contributed by atoms with Crippen LogP contribution in [0.4, 0.5) is 0 Å². The predicted octanol–water partition coefficient (Wildman–Crippen LogP) is 3.59. The van der Waals surface area contributed by atoms with Gasteiger partial charge >= 0.3 is 5.97 Å². The van der Waals surface area contributed by atoms with Crippen molar-refractivity contribution in [1.29, 1.82) is 0 Å². The van der Waals surface area contributed by atoms with Crippen molar-refractivity contribution in [2.75, 3.05) is 13.7 Å². The highest BCUT2D eigenvalue weighted by molar-refractivity contribution is 6.41. The van der Waals surface area contributed by atoms with Crippen molar-refractivity contribution in [2.45, 2.75) is 32.6 Å². The van der Waals surface area contributed by atoms with Crippen molar-refractivity contribution in [3.05, 3.63) is 47.5 Å². The van der Waals surface area contributed by atoms with Gasteiger partial charge in [0.25, 0.3) is 0 Å². The van der Waals surface area contributed by atoms with E-state index in [2.05, 4.69) is 17.1 Å². The quantitative estimate of drug-likeness (QED) is 0.592. The predicted molar refractivity (Wildman–Crippen MR) is 85.6 cm³/mol. The summed E-state index contributed by atoms with van der Waals surface area (Å²) < 4.78 is 5.06. The second-order valence-corrected chi connectivity index (χ2v) is 5.34. The molecule has 1 aliphatic carbocycles. The number of carbonyl (C=O) groups excluding carboxylic acids is 1. The van der Waals surface area contributed by atoms with Crippen molar-refractivity contribution in [3.63, 3.8) is 0 Å². The maximum absolute atomic E-state index is 11.9. The van der Waals surface area contributed by atoms with Crippen LogP contribution >= 0.6 is 0 Å². The summed E-state index contributed by atoms with van der Waals surface area (Å²) in [5, 5.41) is 0. The number of aliphatic imine (C=N–C) groups is 1. The lowest BCUT2D eigenvalue weighted by atomic mass is 9.77. The Hall–Kier alpha value is -1.90. The van der Waals surface area contributed by atoms with E-state index in [-0.39, 0.29) is 5.97 Å². The lowest BCUT2D eigenvalue weighted by molar-refractivity contribution is -0.134. The first-order valence-corrected chi connectivity index (χ1v) is 7.63. The van der Waals surface area contributed by atoms with E-state index in [4.69, 9.17) is 4.74 Å². The number of rotatable bonds is 6. The average molecular weight is 285 g/mol. The van der Waals surface area contributed by atoms with Gasteiger partial charge in [-0.15, -0.1) is 0 Å². The molecule has 1 aromatic rings. The summed E-state index contributed by atoms with van der Waals surface area (Å²) in [5.74, 6) is 0.251. The number of hydrogen-bond acceptors (Lipinski definition) is 3. The summed E-state index contributed by atoms with van der Waals surface area (Å²) >= 11 is 0. The van der Waals surface area contributed by atoms with Crippen LogP contribution in [0.1, 0.15) is 31.7 Å². The Bertz CT molecular complexity index is 527. The topological polar surface area (TPSA) is 38.7 Å². The highest BCUT2D eigenvalue weighted by Gasteiger charge is 2.23.